The molecule has 152 valence electrons. The number of amides is 1. The normalized spacial score (nSPS) is 16.0. The van der Waals surface area contributed by atoms with E-state index < -0.39 is 0 Å². The smallest absolute Gasteiger partial charge is 0.284 e. The first-order valence-corrected chi connectivity index (χ1v) is 9.52. The second-order valence-corrected chi connectivity index (χ2v) is 6.67. The van der Waals surface area contributed by atoms with Gasteiger partial charge in [-0.15, -0.1) is 0 Å². The number of carbonyl (C=O) groups is 1. The Morgan fingerprint density at radius 2 is 1.97 bits per heavy atom. The summed E-state index contributed by atoms with van der Waals surface area (Å²) in [5.74, 6) is 1.13. The van der Waals surface area contributed by atoms with E-state index in [0.717, 1.165) is 22.6 Å². The Morgan fingerprint density at radius 1 is 1.17 bits per heavy atom. The molecule has 0 bridgehead atoms. The number of methoxy groups -OCH3 is 1. The average molecular weight is 403 g/mol. The van der Waals surface area contributed by atoms with Gasteiger partial charge in [0, 0.05) is 6.42 Å². The Labute approximate surface area is 174 Å². The number of oxime groups is 1. The highest BCUT2D eigenvalue weighted by Crippen LogP contribution is 2.33. The standard InChI is InChI=1S/C23H21N3O4/c1-28-19-11-9-18(10-12-19)20-14-21(22-8-5-13-29-22)26(25-20)23(27)16-30-24-15-17-6-3-2-4-7-17/h2-13,15,21H,14,16H2,1H3/b24-15-/t21-/m0/s1. The Morgan fingerprint density at radius 3 is 2.67 bits per heavy atom. The van der Waals surface area contributed by atoms with Crippen molar-refractivity contribution >= 4 is 17.8 Å². The van der Waals surface area contributed by atoms with Crippen molar-refractivity contribution in [1.82, 2.24) is 5.01 Å². The van der Waals surface area contributed by atoms with Crippen LogP contribution in [0.15, 0.2) is 87.7 Å². The van der Waals surface area contributed by atoms with Crippen LogP contribution in [0.1, 0.15) is 29.3 Å². The largest absolute Gasteiger partial charge is 0.497 e. The van der Waals surface area contributed by atoms with Gasteiger partial charge in [0.1, 0.15) is 17.6 Å². The molecule has 0 unspecified atom stereocenters. The molecular weight excluding hydrogens is 382 g/mol. The Hall–Kier alpha value is -3.87. The molecule has 0 saturated heterocycles. The van der Waals surface area contributed by atoms with Gasteiger partial charge in [-0.2, -0.15) is 5.10 Å². The van der Waals surface area contributed by atoms with Crippen LogP contribution < -0.4 is 4.74 Å². The Bertz CT molecular complexity index is 1030. The van der Waals surface area contributed by atoms with E-state index in [4.69, 9.17) is 14.0 Å². The predicted molar refractivity (Wildman–Crippen MR) is 112 cm³/mol. The first-order chi connectivity index (χ1) is 14.7. The van der Waals surface area contributed by atoms with E-state index in [1.807, 2.05) is 60.7 Å². The summed E-state index contributed by atoms with van der Waals surface area (Å²) >= 11 is 0. The lowest BCUT2D eigenvalue weighted by Crippen LogP contribution is -2.29. The molecule has 7 nitrogen and oxygen atoms in total. The van der Waals surface area contributed by atoms with Crippen molar-refractivity contribution in [3.8, 4) is 5.75 Å². The number of benzene rings is 2. The maximum atomic E-state index is 12.8. The number of carbonyl (C=O) groups excluding carboxylic acids is 1. The summed E-state index contributed by atoms with van der Waals surface area (Å²) in [4.78, 5) is 18.0. The predicted octanol–water partition coefficient (Wildman–Crippen LogP) is 4.02. The monoisotopic (exact) mass is 403 g/mol. The second kappa shape index (κ2) is 9.09. The summed E-state index contributed by atoms with van der Waals surface area (Å²) in [6.07, 6.45) is 3.69. The molecule has 0 saturated carbocycles. The number of furan rings is 1. The van der Waals surface area contributed by atoms with Crippen molar-refractivity contribution in [1.29, 1.82) is 0 Å². The summed E-state index contributed by atoms with van der Waals surface area (Å²) < 4.78 is 10.8. The van der Waals surface area contributed by atoms with Crippen LogP contribution in [0, 0.1) is 0 Å². The van der Waals surface area contributed by atoms with Crippen LogP contribution in [-0.4, -0.2) is 36.6 Å². The molecule has 0 radical (unpaired) electrons. The summed E-state index contributed by atoms with van der Waals surface area (Å²) in [6, 6.07) is 20.4. The van der Waals surface area contributed by atoms with Gasteiger partial charge in [-0.1, -0.05) is 35.5 Å². The van der Waals surface area contributed by atoms with E-state index in [2.05, 4.69) is 10.3 Å². The van der Waals surface area contributed by atoms with Gasteiger partial charge in [0.05, 0.1) is 25.3 Å². The van der Waals surface area contributed by atoms with Crippen LogP contribution in [0.5, 0.6) is 5.75 Å². The topological polar surface area (TPSA) is 76.6 Å². The third-order valence-electron chi connectivity index (χ3n) is 4.72. The van der Waals surface area contributed by atoms with Gasteiger partial charge >= 0.3 is 0 Å². The number of hydrogen-bond donors (Lipinski definition) is 0. The van der Waals surface area contributed by atoms with Gasteiger partial charge in [0.25, 0.3) is 5.91 Å². The van der Waals surface area contributed by atoms with Gasteiger partial charge in [-0.25, -0.2) is 5.01 Å². The lowest BCUT2D eigenvalue weighted by Gasteiger charge is -2.19. The van der Waals surface area contributed by atoms with Crippen molar-refractivity contribution in [2.24, 2.45) is 10.3 Å². The van der Waals surface area contributed by atoms with E-state index in [1.54, 1.807) is 25.7 Å². The maximum Gasteiger partial charge on any atom is 0.284 e. The molecule has 2 aromatic carbocycles. The average Bonchev–Trinajstić information content (AvgIpc) is 3.47. The summed E-state index contributed by atoms with van der Waals surface area (Å²) in [7, 11) is 1.62. The highest BCUT2D eigenvalue weighted by atomic mass is 16.6. The zero-order valence-corrected chi connectivity index (χ0v) is 16.5. The molecular formula is C23H21N3O4. The van der Waals surface area contributed by atoms with Crippen LogP contribution in [0.3, 0.4) is 0 Å². The minimum atomic E-state index is -0.327. The van der Waals surface area contributed by atoms with Crippen LogP contribution >= 0.6 is 0 Å². The number of nitrogens with zero attached hydrogens (tertiary/aromatic N) is 3. The Kier molecular flexibility index (Phi) is 5.89. The molecule has 30 heavy (non-hydrogen) atoms. The van der Waals surface area contributed by atoms with Crippen LogP contribution in [-0.2, 0) is 9.63 Å². The highest BCUT2D eigenvalue weighted by molar-refractivity contribution is 6.03. The number of hydrazone groups is 1. The fourth-order valence-corrected chi connectivity index (χ4v) is 3.20. The lowest BCUT2D eigenvalue weighted by atomic mass is 10.0. The molecule has 0 fully saturated rings. The molecule has 3 aromatic rings. The van der Waals surface area contributed by atoms with Crippen LogP contribution in [0.25, 0.3) is 0 Å². The van der Waals surface area contributed by atoms with E-state index >= 15 is 0 Å². The number of rotatable bonds is 7. The molecule has 4 rings (SSSR count). The third-order valence-corrected chi connectivity index (χ3v) is 4.72. The molecule has 1 aromatic heterocycles. The zero-order valence-electron chi connectivity index (χ0n) is 16.5. The van der Waals surface area contributed by atoms with Gasteiger partial charge in [-0.05, 0) is 47.5 Å². The third kappa shape index (κ3) is 4.41. The molecule has 0 N–H and O–H groups in total. The first-order valence-electron chi connectivity index (χ1n) is 9.52. The molecule has 0 aliphatic carbocycles. The SMILES string of the molecule is COc1ccc(C2=NN(C(=O)CO/N=C\c3ccccc3)[C@H](c3ccco3)C2)cc1. The van der Waals surface area contributed by atoms with Crippen molar-refractivity contribution in [2.45, 2.75) is 12.5 Å². The van der Waals surface area contributed by atoms with Crippen LogP contribution in [0.2, 0.25) is 0 Å². The number of hydrogen-bond acceptors (Lipinski definition) is 6. The van der Waals surface area contributed by atoms with Gasteiger partial charge in [0.15, 0.2) is 6.61 Å². The quantitative estimate of drug-likeness (QED) is 0.441. The van der Waals surface area contributed by atoms with E-state index in [-0.39, 0.29) is 18.6 Å². The van der Waals surface area contributed by atoms with Crippen molar-refractivity contribution in [3.63, 3.8) is 0 Å². The van der Waals surface area contributed by atoms with E-state index in [9.17, 15) is 4.79 Å². The highest BCUT2D eigenvalue weighted by Gasteiger charge is 2.35. The lowest BCUT2D eigenvalue weighted by molar-refractivity contribution is -0.138. The minimum absolute atomic E-state index is 0.222. The molecule has 1 aliphatic heterocycles. The van der Waals surface area contributed by atoms with Gasteiger partial charge in [-0.3, -0.25) is 4.79 Å². The number of ether oxygens (including phenoxy) is 1. The first kappa shape index (κ1) is 19.4. The van der Waals surface area contributed by atoms with Crippen molar-refractivity contribution < 1.29 is 18.8 Å². The van der Waals surface area contributed by atoms with Gasteiger partial charge < -0.3 is 14.0 Å². The fraction of sp³-hybridized carbons (Fsp3) is 0.174. The van der Waals surface area contributed by atoms with Crippen molar-refractivity contribution in [3.05, 3.63) is 89.9 Å². The molecule has 2 heterocycles. The van der Waals surface area contributed by atoms with E-state index in [1.165, 1.54) is 5.01 Å². The van der Waals surface area contributed by atoms with Crippen molar-refractivity contribution in [2.75, 3.05) is 13.7 Å². The minimum Gasteiger partial charge on any atom is -0.497 e. The maximum absolute atomic E-state index is 12.8. The van der Waals surface area contributed by atoms with Gasteiger partial charge in [0.2, 0.25) is 0 Å². The molecule has 1 atom stereocenters. The molecule has 1 aliphatic rings. The molecule has 1 amide bonds. The van der Waals surface area contributed by atoms with E-state index in [0.29, 0.717) is 12.2 Å². The Balaban J connectivity index is 1.47. The van der Waals surface area contributed by atoms with Crippen LogP contribution in [0.4, 0.5) is 0 Å². The summed E-state index contributed by atoms with van der Waals surface area (Å²) in [5.41, 5.74) is 2.60. The zero-order chi connectivity index (χ0) is 20.8. The fourth-order valence-electron chi connectivity index (χ4n) is 3.20. The summed E-state index contributed by atoms with van der Waals surface area (Å²) in [6.45, 7) is -0.222. The molecule has 7 heteroatoms. The second-order valence-electron chi connectivity index (χ2n) is 6.67. The summed E-state index contributed by atoms with van der Waals surface area (Å²) in [5, 5.41) is 9.85. The molecule has 0 spiro atoms.